The summed E-state index contributed by atoms with van der Waals surface area (Å²) in [5.74, 6) is -1.57. The Hall–Kier alpha value is -2.23. The zero-order valence-corrected chi connectivity index (χ0v) is 12.6. The standard InChI is InChI=1S/C13H10Cl2N2O4/c1-20-11(18)5-10(13(19)21-2)17-12-8(14)3-7(6-16)4-9(12)15/h3-5,17H,1-2H3/b10-5+. The van der Waals surface area contributed by atoms with Gasteiger partial charge in [0.1, 0.15) is 5.70 Å². The molecule has 1 aromatic carbocycles. The van der Waals surface area contributed by atoms with E-state index in [1.54, 1.807) is 0 Å². The molecule has 0 aliphatic carbocycles. The molecule has 0 saturated carbocycles. The van der Waals surface area contributed by atoms with Gasteiger partial charge in [-0.1, -0.05) is 23.2 Å². The summed E-state index contributed by atoms with van der Waals surface area (Å²) in [5.41, 5.74) is 0.211. The smallest absolute Gasteiger partial charge is 0.354 e. The van der Waals surface area contributed by atoms with Crippen LogP contribution in [0.2, 0.25) is 10.0 Å². The first kappa shape index (κ1) is 16.8. The number of carbonyl (C=O) groups is 2. The van der Waals surface area contributed by atoms with Crippen molar-refractivity contribution in [2.75, 3.05) is 19.5 Å². The Morgan fingerprint density at radius 3 is 2.24 bits per heavy atom. The number of anilines is 1. The SMILES string of the molecule is COC(=O)/C=C(/Nc1c(Cl)cc(C#N)cc1Cl)C(=O)OC. The molecule has 1 N–H and O–H groups in total. The van der Waals surface area contributed by atoms with Gasteiger partial charge in [0, 0.05) is 0 Å². The normalized spacial score (nSPS) is 10.5. The molecule has 21 heavy (non-hydrogen) atoms. The Balaban J connectivity index is 3.22. The van der Waals surface area contributed by atoms with Crippen LogP contribution in [0.15, 0.2) is 23.9 Å². The average Bonchev–Trinajstić information content (AvgIpc) is 2.48. The minimum Gasteiger partial charge on any atom is -0.466 e. The van der Waals surface area contributed by atoms with Crippen molar-refractivity contribution in [3.8, 4) is 6.07 Å². The Morgan fingerprint density at radius 1 is 1.24 bits per heavy atom. The predicted molar refractivity (Wildman–Crippen MR) is 76.9 cm³/mol. The molecule has 110 valence electrons. The van der Waals surface area contributed by atoms with Crippen LogP contribution in [0.4, 0.5) is 5.69 Å². The molecular weight excluding hydrogens is 319 g/mol. The lowest BCUT2D eigenvalue weighted by atomic mass is 10.2. The third-order valence-electron chi connectivity index (χ3n) is 2.30. The van der Waals surface area contributed by atoms with Crippen LogP contribution in [0.3, 0.4) is 0 Å². The fourth-order valence-corrected chi connectivity index (χ4v) is 1.91. The van der Waals surface area contributed by atoms with Gasteiger partial charge in [-0.25, -0.2) is 9.59 Å². The van der Waals surface area contributed by atoms with E-state index in [0.717, 1.165) is 20.3 Å². The van der Waals surface area contributed by atoms with Crippen molar-refractivity contribution in [3.63, 3.8) is 0 Å². The Labute approximate surface area is 130 Å². The highest BCUT2D eigenvalue weighted by atomic mass is 35.5. The molecule has 0 amide bonds. The van der Waals surface area contributed by atoms with E-state index in [0.29, 0.717) is 0 Å². The summed E-state index contributed by atoms with van der Waals surface area (Å²) in [5, 5.41) is 11.6. The highest BCUT2D eigenvalue weighted by Gasteiger charge is 2.16. The van der Waals surface area contributed by atoms with Gasteiger partial charge < -0.3 is 14.8 Å². The van der Waals surface area contributed by atoms with E-state index in [9.17, 15) is 9.59 Å². The van der Waals surface area contributed by atoms with Gasteiger partial charge in [-0.2, -0.15) is 5.26 Å². The zero-order chi connectivity index (χ0) is 16.0. The number of hydrogen-bond acceptors (Lipinski definition) is 6. The van der Waals surface area contributed by atoms with Gasteiger partial charge >= 0.3 is 11.9 Å². The van der Waals surface area contributed by atoms with Crippen molar-refractivity contribution >= 4 is 40.8 Å². The van der Waals surface area contributed by atoms with E-state index in [1.807, 2.05) is 6.07 Å². The number of nitrogens with one attached hydrogen (secondary N) is 1. The largest absolute Gasteiger partial charge is 0.466 e. The minimum absolute atomic E-state index is 0.110. The number of benzene rings is 1. The molecule has 8 heteroatoms. The molecule has 0 saturated heterocycles. The molecule has 0 unspecified atom stereocenters. The summed E-state index contributed by atoms with van der Waals surface area (Å²) in [4.78, 5) is 22.9. The summed E-state index contributed by atoms with van der Waals surface area (Å²) in [6, 6.07) is 4.62. The second kappa shape index (κ2) is 7.53. The third-order valence-corrected chi connectivity index (χ3v) is 2.90. The van der Waals surface area contributed by atoms with Crippen LogP contribution in [0.25, 0.3) is 0 Å². The van der Waals surface area contributed by atoms with E-state index in [1.165, 1.54) is 12.1 Å². The van der Waals surface area contributed by atoms with Gasteiger partial charge in [0.15, 0.2) is 0 Å². The molecule has 0 bridgehead atoms. The van der Waals surface area contributed by atoms with E-state index in [2.05, 4.69) is 14.8 Å². The Morgan fingerprint density at radius 2 is 1.81 bits per heavy atom. The summed E-state index contributed by atoms with van der Waals surface area (Å²) >= 11 is 12.0. The summed E-state index contributed by atoms with van der Waals surface area (Å²) in [7, 11) is 2.31. The molecule has 0 heterocycles. The summed E-state index contributed by atoms with van der Waals surface area (Å²) in [6.07, 6.45) is 0.899. The number of carbonyl (C=O) groups excluding carboxylic acids is 2. The number of hydrogen-bond donors (Lipinski definition) is 1. The molecule has 0 radical (unpaired) electrons. The van der Waals surface area contributed by atoms with Crippen molar-refractivity contribution in [3.05, 3.63) is 39.5 Å². The van der Waals surface area contributed by atoms with Crippen LogP contribution in [-0.4, -0.2) is 26.2 Å². The first-order chi connectivity index (χ1) is 9.92. The maximum atomic E-state index is 11.6. The molecule has 0 aliphatic heterocycles. The van der Waals surface area contributed by atoms with Gasteiger partial charge in [0.25, 0.3) is 0 Å². The maximum absolute atomic E-state index is 11.6. The number of methoxy groups -OCH3 is 2. The van der Waals surface area contributed by atoms with Gasteiger partial charge in [0.2, 0.25) is 0 Å². The number of ether oxygens (including phenoxy) is 2. The summed E-state index contributed by atoms with van der Waals surface area (Å²) in [6.45, 7) is 0. The van der Waals surface area contributed by atoms with Gasteiger partial charge in [-0.05, 0) is 12.1 Å². The number of esters is 2. The van der Waals surface area contributed by atoms with Crippen LogP contribution in [0.5, 0.6) is 0 Å². The lowest BCUT2D eigenvalue weighted by Crippen LogP contribution is -2.16. The topological polar surface area (TPSA) is 88.4 Å². The Bertz CT molecular complexity index is 627. The van der Waals surface area contributed by atoms with E-state index < -0.39 is 11.9 Å². The number of nitrogens with zero attached hydrogens (tertiary/aromatic N) is 1. The quantitative estimate of drug-likeness (QED) is 0.674. The van der Waals surface area contributed by atoms with Gasteiger partial charge in [-0.15, -0.1) is 0 Å². The zero-order valence-electron chi connectivity index (χ0n) is 11.1. The lowest BCUT2D eigenvalue weighted by molar-refractivity contribution is -0.138. The molecular formula is C13H10Cl2N2O4. The molecule has 0 atom stereocenters. The molecule has 0 spiro atoms. The average molecular weight is 329 g/mol. The van der Waals surface area contributed by atoms with Crippen LogP contribution in [-0.2, 0) is 19.1 Å². The van der Waals surface area contributed by atoms with E-state index in [4.69, 9.17) is 28.5 Å². The van der Waals surface area contributed by atoms with Crippen molar-refractivity contribution in [2.24, 2.45) is 0 Å². The van der Waals surface area contributed by atoms with Gasteiger partial charge in [-0.3, -0.25) is 0 Å². The first-order valence-electron chi connectivity index (χ1n) is 5.47. The van der Waals surface area contributed by atoms with E-state index in [-0.39, 0.29) is 27.0 Å². The van der Waals surface area contributed by atoms with Crippen LogP contribution in [0, 0.1) is 11.3 Å². The van der Waals surface area contributed by atoms with E-state index >= 15 is 0 Å². The molecule has 1 aromatic rings. The fraction of sp³-hybridized carbons (Fsp3) is 0.154. The maximum Gasteiger partial charge on any atom is 0.354 e. The highest BCUT2D eigenvalue weighted by molar-refractivity contribution is 6.39. The molecule has 0 aliphatic rings. The third kappa shape index (κ3) is 4.38. The van der Waals surface area contributed by atoms with Crippen LogP contribution >= 0.6 is 23.2 Å². The van der Waals surface area contributed by atoms with Crippen LogP contribution < -0.4 is 5.32 Å². The number of nitriles is 1. The predicted octanol–water partition coefficient (Wildman–Crippen LogP) is 2.51. The second-order valence-corrected chi connectivity index (χ2v) is 4.44. The van der Waals surface area contributed by atoms with Crippen molar-refractivity contribution in [1.29, 1.82) is 5.26 Å². The highest BCUT2D eigenvalue weighted by Crippen LogP contribution is 2.32. The minimum atomic E-state index is -0.808. The summed E-state index contributed by atoms with van der Waals surface area (Å²) < 4.78 is 8.98. The van der Waals surface area contributed by atoms with Gasteiger partial charge in [0.05, 0.1) is 47.7 Å². The van der Waals surface area contributed by atoms with Crippen LogP contribution in [0.1, 0.15) is 5.56 Å². The molecule has 1 rings (SSSR count). The number of halogens is 2. The lowest BCUT2D eigenvalue weighted by Gasteiger charge is -2.12. The molecule has 6 nitrogen and oxygen atoms in total. The van der Waals surface area contributed by atoms with Crippen molar-refractivity contribution in [2.45, 2.75) is 0 Å². The Kier molecular flexibility index (Phi) is 6.03. The second-order valence-electron chi connectivity index (χ2n) is 3.62. The molecule has 0 fully saturated rings. The fourth-order valence-electron chi connectivity index (χ4n) is 1.32. The monoisotopic (exact) mass is 328 g/mol. The van der Waals surface area contributed by atoms with Crippen molar-refractivity contribution in [1.82, 2.24) is 0 Å². The van der Waals surface area contributed by atoms with Crippen molar-refractivity contribution < 1.29 is 19.1 Å². The first-order valence-corrected chi connectivity index (χ1v) is 6.22. The number of rotatable bonds is 4. The molecule has 0 aromatic heterocycles.